The summed E-state index contributed by atoms with van der Waals surface area (Å²) in [5, 5.41) is 4.12. The van der Waals surface area contributed by atoms with Crippen LogP contribution < -0.4 is 0 Å². The maximum Gasteiger partial charge on any atom is 0.223 e. The molecule has 134 valence electrons. The average molecular weight is 366 g/mol. The van der Waals surface area contributed by atoms with Crippen LogP contribution in [0, 0.1) is 0 Å². The summed E-state index contributed by atoms with van der Waals surface area (Å²) < 4.78 is 1.71. The van der Waals surface area contributed by atoms with Gasteiger partial charge in [0.05, 0.1) is 11.7 Å². The quantitative estimate of drug-likeness (QED) is 0.594. The number of nitrogens with zero attached hydrogens (tertiary/aromatic N) is 4. The van der Waals surface area contributed by atoms with Gasteiger partial charge in [0.2, 0.25) is 5.91 Å². The van der Waals surface area contributed by atoms with Crippen LogP contribution in [0.2, 0.25) is 0 Å². The fourth-order valence-corrected chi connectivity index (χ4v) is 3.50. The maximum atomic E-state index is 12.5. The SMILES string of the molecule is C[C@H](c1ccc(-n2cncn2)cc1)N(C)C(=O)CCSc1ccccc1. The highest BCUT2D eigenvalue weighted by atomic mass is 32.2. The van der Waals surface area contributed by atoms with Crippen molar-refractivity contribution >= 4 is 17.7 Å². The molecule has 5 nitrogen and oxygen atoms in total. The highest BCUT2D eigenvalue weighted by Gasteiger charge is 2.17. The number of thioether (sulfide) groups is 1. The van der Waals surface area contributed by atoms with Crippen molar-refractivity contribution in [3.8, 4) is 5.69 Å². The van der Waals surface area contributed by atoms with Crippen LogP contribution in [0.3, 0.4) is 0 Å². The van der Waals surface area contributed by atoms with E-state index in [0.717, 1.165) is 17.0 Å². The van der Waals surface area contributed by atoms with Crippen LogP contribution in [0.4, 0.5) is 0 Å². The zero-order valence-corrected chi connectivity index (χ0v) is 15.8. The second kappa shape index (κ2) is 8.67. The molecule has 0 N–H and O–H groups in total. The molecule has 0 fully saturated rings. The first-order valence-corrected chi connectivity index (χ1v) is 9.52. The number of benzene rings is 2. The van der Waals surface area contributed by atoms with Gasteiger partial charge in [-0.1, -0.05) is 30.3 Å². The van der Waals surface area contributed by atoms with E-state index in [-0.39, 0.29) is 11.9 Å². The number of amides is 1. The maximum absolute atomic E-state index is 12.5. The van der Waals surface area contributed by atoms with E-state index in [1.807, 2.05) is 61.3 Å². The van der Waals surface area contributed by atoms with Crippen molar-refractivity contribution in [1.82, 2.24) is 19.7 Å². The van der Waals surface area contributed by atoms with Gasteiger partial charge in [0, 0.05) is 24.1 Å². The van der Waals surface area contributed by atoms with E-state index < -0.39 is 0 Å². The molecule has 3 rings (SSSR count). The number of carbonyl (C=O) groups excluding carboxylic acids is 1. The third kappa shape index (κ3) is 4.52. The van der Waals surface area contributed by atoms with Crippen molar-refractivity contribution in [1.29, 1.82) is 0 Å². The molecule has 2 aromatic carbocycles. The molecule has 0 spiro atoms. The highest BCUT2D eigenvalue weighted by Crippen LogP contribution is 2.22. The van der Waals surface area contributed by atoms with E-state index in [1.54, 1.807) is 22.8 Å². The third-order valence-electron chi connectivity index (χ3n) is 4.36. The van der Waals surface area contributed by atoms with Crippen LogP contribution in [0.25, 0.3) is 5.69 Å². The summed E-state index contributed by atoms with van der Waals surface area (Å²) in [5.41, 5.74) is 2.05. The van der Waals surface area contributed by atoms with Gasteiger partial charge in [0.25, 0.3) is 0 Å². The molecule has 1 heterocycles. The molecule has 0 saturated carbocycles. The Kier molecular flexibility index (Phi) is 6.07. The summed E-state index contributed by atoms with van der Waals surface area (Å²) in [4.78, 5) is 19.5. The molecule has 0 radical (unpaired) electrons. The van der Waals surface area contributed by atoms with Crippen molar-refractivity contribution < 1.29 is 4.79 Å². The minimum Gasteiger partial charge on any atom is -0.339 e. The monoisotopic (exact) mass is 366 g/mol. The third-order valence-corrected chi connectivity index (χ3v) is 5.37. The Morgan fingerprint density at radius 2 is 1.88 bits per heavy atom. The molecule has 0 aliphatic carbocycles. The minimum atomic E-state index is 0.0222. The average Bonchev–Trinajstić information content (AvgIpc) is 3.22. The zero-order chi connectivity index (χ0) is 18.4. The Morgan fingerprint density at radius 1 is 1.15 bits per heavy atom. The predicted octanol–water partition coefficient (Wildman–Crippen LogP) is 3.97. The number of hydrogen-bond acceptors (Lipinski definition) is 4. The van der Waals surface area contributed by atoms with Gasteiger partial charge in [-0.2, -0.15) is 5.10 Å². The second-order valence-electron chi connectivity index (χ2n) is 6.02. The van der Waals surface area contributed by atoms with E-state index in [2.05, 4.69) is 22.2 Å². The van der Waals surface area contributed by atoms with Crippen LogP contribution in [0.15, 0.2) is 72.1 Å². The summed E-state index contributed by atoms with van der Waals surface area (Å²) in [6.45, 7) is 2.05. The molecule has 0 aliphatic heterocycles. The van der Waals surface area contributed by atoms with Gasteiger partial charge in [0.15, 0.2) is 0 Å². The molecule has 26 heavy (non-hydrogen) atoms. The van der Waals surface area contributed by atoms with Crippen LogP contribution in [-0.4, -0.2) is 38.4 Å². The minimum absolute atomic E-state index is 0.0222. The van der Waals surface area contributed by atoms with Crippen LogP contribution in [-0.2, 0) is 4.79 Å². The van der Waals surface area contributed by atoms with Gasteiger partial charge in [0.1, 0.15) is 12.7 Å². The highest BCUT2D eigenvalue weighted by molar-refractivity contribution is 7.99. The van der Waals surface area contributed by atoms with Crippen LogP contribution in [0.5, 0.6) is 0 Å². The molecule has 0 aliphatic rings. The number of rotatable bonds is 7. The van der Waals surface area contributed by atoms with Crippen molar-refractivity contribution in [3.63, 3.8) is 0 Å². The largest absolute Gasteiger partial charge is 0.339 e. The Hall–Kier alpha value is -2.60. The van der Waals surface area contributed by atoms with Gasteiger partial charge in [-0.25, -0.2) is 9.67 Å². The van der Waals surface area contributed by atoms with Crippen molar-refractivity contribution in [2.45, 2.75) is 24.3 Å². The fraction of sp³-hybridized carbons (Fsp3) is 0.250. The molecular formula is C20H22N4OS. The molecule has 0 unspecified atom stereocenters. The summed E-state index contributed by atoms with van der Waals surface area (Å²) in [6.07, 6.45) is 3.70. The van der Waals surface area contributed by atoms with E-state index in [9.17, 15) is 4.79 Å². The summed E-state index contributed by atoms with van der Waals surface area (Å²) >= 11 is 1.71. The summed E-state index contributed by atoms with van der Waals surface area (Å²) in [6, 6.07) is 18.2. The van der Waals surface area contributed by atoms with E-state index in [1.165, 1.54) is 11.2 Å². The first-order valence-electron chi connectivity index (χ1n) is 8.53. The second-order valence-corrected chi connectivity index (χ2v) is 7.19. The molecule has 3 aromatic rings. The molecule has 6 heteroatoms. The first kappa shape index (κ1) is 18.2. The lowest BCUT2D eigenvalue weighted by Gasteiger charge is -2.25. The van der Waals surface area contributed by atoms with Gasteiger partial charge >= 0.3 is 0 Å². The van der Waals surface area contributed by atoms with Crippen LogP contribution >= 0.6 is 11.8 Å². The van der Waals surface area contributed by atoms with Crippen LogP contribution in [0.1, 0.15) is 24.9 Å². The van der Waals surface area contributed by atoms with Crippen molar-refractivity contribution in [2.75, 3.05) is 12.8 Å². The van der Waals surface area contributed by atoms with Gasteiger partial charge in [-0.3, -0.25) is 4.79 Å². The van der Waals surface area contributed by atoms with Gasteiger partial charge in [-0.15, -0.1) is 11.8 Å². The molecule has 1 atom stereocenters. The van der Waals surface area contributed by atoms with E-state index in [0.29, 0.717) is 6.42 Å². The predicted molar refractivity (Wildman–Crippen MR) is 104 cm³/mol. The van der Waals surface area contributed by atoms with E-state index in [4.69, 9.17) is 0 Å². The summed E-state index contributed by atoms with van der Waals surface area (Å²) in [5.74, 6) is 0.937. The fourth-order valence-electron chi connectivity index (χ4n) is 2.64. The topological polar surface area (TPSA) is 51.0 Å². The Bertz CT molecular complexity index is 819. The molecule has 0 bridgehead atoms. The first-order chi connectivity index (χ1) is 12.6. The number of carbonyl (C=O) groups is 1. The van der Waals surface area contributed by atoms with Gasteiger partial charge < -0.3 is 4.90 Å². The van der Waals surface area contributed by atoms with Gasteiger partial charge in [-0.05, 0) is 36.8 Å². The lowest BCUT2D eigenvalue weighted by Crippen LogP contribution is -2.29. The molecule has 1 amide bonds. The zero-order valence-electron chi connectivity index (χ0n) is 14.9. The Morgan fingerprint density at radius 3 is 2.54 bits per heavy atom. The lowest BCUT2D eigenvalue weighted by molar-refractivity contribution is -0.131. The Balaban J connectivity index is 1.54. The number of aromatic nitrogens is 3. The molecular weight excluding hydrogens is 344 g/mol. The standard InChI is InChI=1S/C20H22N4OS/c1-16(17-8-10-18(11-9-17)24-15-21-14-22-24)23(2)20(25)12-13-26-19-6-4-3-5-7-19/h3-11,14-16H,12-13H2,1-2H3/t16-/m1/s1. The summed E-state index contributed by atoms with van der Waals surface area (Å²) in [7, 11) is 1.87. The van der Waals surface area contributed by atoms with Crippen molar-refractivity contribution in [2.24, 2.45) is 0 Å². The molecule has 0 saturated heterocycles. The molecule has 1 aromatic heterocycles. The normalized spacial score (nSPS) is 11.9. The van der Waals surface area contributed by atoms with Crippen molar-refractivity contribution in [3.05, 3.63) is 72.8 Å². The lowest BCUT2D eigenvalue weighted by atomic mass is 10.1. The number of hydrogen-bond donors (Lipinski definition) is 0. The Labute approximate surface area is 158 Å². The van der Waals surface area contributed by atoms with E-state index >= 15 is 0 Å². The smallest absolute Gasteiger partial charge is 0.223 e.